The highest BCUT2D eigenvalue weighted by Crippen LogP contribution is 2.16. The van der Waals surface area contributed by atoms with E-state index in [1.54, 1.807) is 6.26 Å². The van der Waals surface area contributed by atoms with Crippen LogP contribution in [0.25, 0.3) is 0 Å². The van der Waals surface area contributed by atoms with E-state index in [9.17, 15) is 4.79 Å². The second-order valence-corrected chi connectivity index (χ2v) is 3.32. The lowest BCUT2D eigenvalue weighted by Crippen LogP contribution is -1.90. The molecular formula is C10H14O2. The average Bonchev–Trinajstić information content (AvgIpc) is 2.35. The molecule has 1 heterocycles. The average molecular weight is 166 g/mol. The van der Waals surface area contributed by atoms with Gasteiger partial charge >= 0.3 is 5.97 Å². The summed E-state index contributed by atoms with van der Waals surface area (Å²) >= 11 is 0. The number of rotatable bonds is 3. The van der Waals surface area contributed by atoms with E-state index >= 15 is 0 Å². The lowest BCUT2D eigenvalue weighted by Gasteiger charge is -1.93. The fourth-order valence-corrected chi connectivity index (χ4v) is 1.03. The van der Waals surface area contributed by atoms with Crippen LogP contribution < -0.4 is 0 Å². The van der Waals surface area contributed by atoms with Crippen molar-refractivity contribution in [2.75, 3.05) is 0 Å². The van der Waals surface area contributed by atoms with Gasteiger partial charge in [0.2, 0.25) is 0 Å². The highest BCUT2D eigenvalue weighted by atomic mass is 16.5. The van der Waals surface area contributed by atoms with Crippen molar-refractivity contribution in [3.05, 3.63) is 24.0 Å². The van der Waals surface area contributed by atoms with Crippen LogP contribution in [-0.2, 0) is 9.53 Å². The summed E-state index contributed by atoms with van der Waals surface area (Å²) in [5.74, 6) is 0.437. The Bertz CT molecular complexity index is 224. The van der Waals surface area contributed by atoms with Crippen molar-refractivity contribution in [3.63, 3.8) is 0 Å². The van der Waals surface area contributed by atoms with Gasteiger partial charge in [0, 0.05) is 0 Å². The first-order chi connectivity index (χ1) is 5.68. The Labute approximate surface area is 72.9 Å². The maximum Gasteiger partial charge on any atom is 0.314 e. The van der Waals surface area contributed by atoms with Gasteiger partial charge in [0.1, 0.15) is 0 Å². The molecule has 0 amide bonds. The quantitative estimate of drug-likeness (QED) is 0.475. The van der Waals surface area contributed by atoms with Crippen LogP contribution in [0.3, 0.4) is 0 Å². The summed E-state index contributed by atoms with van der Waals surface area (Å²) in [7, 11) is 0. The SMILES string of the molecule is CC(C)/C=C/CC1=COC(=O)C1. The van der Waals surface area contributed by atoms with E-state index in [0.29, 0.717) is 12.3 Å². The summed E-state index contributed by atoms with van der Waals surface area (Å²) in [5.41, 5.74) is 1.07. The Balaban J connectivity index is 2.29. The zero-order valence-electron chi connectivity index (χ0n) is 7.54. The molecule has 1 rings (SSSR count). The van der Waals surface area contributed by atoms with Crippen LogP contribution in [0.15, 0.2) is 24.0 Å². The maximum atomic E-state index is 10.7. The van der Waals surface area contributed by atoms with Crippen molar-refractivity contribution in [3.8, 4) is 0 Å². The van der Waals surface area contributed by atoms with E-state index in [4.69, 9.17) is 0 Å². The number of hydrogen-bond donors (Lipinski definition) is 0. The molecule has 66 valence electrons. The second kappa shape index (κ2) is 4.10. The number of cyclic esters (lactones) is 1. The Hall–Kier alpha value is -1.05. The fourth-order valence-electron chi connectivity index (χ4n) is 1.03. The molecule has 12 heavy (non-hydrogen) atoms. The maximum absolute atomic E-state index is 10.7. The van der Waals surface area contributed by atoms with Gasteiger partial charge in [0.15, 0.2) is 0 Å². The van der Waals surface area contributed by atoms with Gasteiger partial charge in [-0.3, -0.25) is 4.79 Å². The van der Waals surface area contributed by atoms with E-state index in [1.165, 1.54) is 0 Å². The number of carbonyl (C=O) groups is 1. The van der Waals surface area contributed by atoms with Crippen molar-refractivity contribution in [2.24, 2.45) is 5.92 Å². The zero-order chi connectivity index (χ0) is 8.97. The van der Waals surface area contributed by atoms with Crippen molar-refractivity contribution in [2.45, 2.75) is 26.7 Å². The summed E-state index contributed by atoms with van der Waals surface area (Å²) in [6.07, 6.45) is 7.07. The van der Waals surface area contributed by atoms with Crippen LogP contribution in [0.1, 0.15) is 26.7 Å². The van der Waals surface area contributed by atoms with E-state index < -0.39 is 0 Å². The Morgan fingerprint density at radius 1 is 1.67 bits per heavy atom. The van der Waals surface area contributed by atoms with Gasteiger partial charge in [0.25, 0.3) is 0 Å². The summed E-state index contributed by atoms with van der Waals surface area (Å²) in [6, 6.07) is 0. The van der Waals surface area contributed by atoms with E-state index in [0.717, 1.165) is 12.0 Å². The van der Waals surface area contributed by atoms with Crippen LogP contribution in [0, 0.1) is 5.92 Å². The van der Waals surface area contributed by atoms with Gasteiger partial charge in [-0.1, -0.05) is 26.0 Å². The topological polar surface area (TPSA) is 26.3 Å². The summed E-state index contributed by atoms with van der Waals surface area (Å²) in [5, 5.41) is 0. The molecule has 0 fully saturated rings. The van der Waals surface area contributed by atoms with Crippen LogP contribution in [0.2, 0.25) is 0 Å². The second-order valence-electron chi connectivity index (χ2n) is 3.32. The van der Waals surface area contributed by atoms with Gasteiger partial charge < -0.3 is 4.74 Å². The molecule has 0 radical (unpaired) electrons. The molecule has 0 aliphatic carbocycles. The van der Waals surface area contributed by atoms with Crippen molar-refractivity contribution in [1.82, 2.24) is 0 Å². The summed E-state index contributed by atoms with van der Waals surface area (Å²) < 4.78 is 4.69. The Morgan fingerprint density at radius 2 is 2.42 bits per heavy atom. The highest BCUT2D eigenvalue weighted by Gasteiger charge is 2.12. The fraction of sp³-hybridized carbons (Fsp3) is 0.500. The van der Waals surface area contributed by atoms with Gasteiger partial charge in [-0.05, 0) is 17.9 Å². The van der Waals surface area contributed by atoms with Crippen molar-refractivity contribution in [1.29, 1.82) is 0 Å². The zero-order valence-corrected chi connectivity index (χ0v) is 7.54. The van der Waals surface area contributed by atoms with Crippen molar-refractivity contribution >= 4 is 5.97 Å². The molecule has 0 aromatic rings. The first kappa shape index (κ1) is 9.04. The molecule has 1 aliphatic rings. The highest BCUT2D eigenvalue weighted by molar-refractivity contribution is 5.75. The van der Waals surface area contributed by atoms with Gasteiger partial charge in [0.05, 0.1) is 12.7 Å². The van der Waals surface area contributed by atoms with E-state index in [-0.39, 0.29) is 5.97 Å². The van der Waals surface area contributed by atoms with E-state index in [2.05, 4.69) is 30.7 Å². The third-order valence-electron chi connectivity index (χ3n) is 1.63. The first-order valence-corrected chi connectivity index (χ1v) is 4.22. The third kappa shape index (κ3) is 2.91. The molecule has 0 saturated carbocycles. The minimum absolute atomic E-state index is 0.136. The minimum Gasteiger partial charge on any atom is -0.434 e. The van der Waals surface area contributed by atoms with Gasteiger partial charge in [-0.2, -0.15) is 0 Å². The molecule has 2 heteroatoms. The molecule has 0 aromatic carbocycles. The predicted octanol–water partition coefficient (Wildman–Crippen LogP) is 2.42. The van der Waals surface area contributed by atoms with Gasteiger partial charge in [-0.25, -0.2) is 0 Å². The lowest BCUT2D eigenvalue weighted by atomic mass is 10.1. The van der Waals surface area contributed by atoms with Crippen LogP contribution in [-0.4, -0.2) is 5.97 Å². The van der Waals surface area contributed by atoms with Gasteiger partial charge in [-0.15, -0.1) is 0 Å². The van der Waals surface area contributed by atoms with E-state index in [1.807, 2.05) is 0 Å². The number of esters is 1. The predicted molar refractivity (Wildman–Crippen MR) is 47.4 cm³/mol. The molecule has 2 nitrogen and oxygen atoms in total. The minimum atomic E-state index is -0.136. The normalized spacial score (nSPS) is 17.2. The molecule has 0 unspecified atom stereocenters. The molecule has 0 N–H and O–H groups in total. The molecule has 0 atom stereocenters. The van der Waals surface area contributed by atoms with Crippen LogP contribution in [0.5, 0.6) is 0 Å². The smallest absolute Gasteiger partial charge is 0.314 e. The molecule has 0 bridgehead atoms. The lowest BCUT2D eigenvalue weighted by molar-refractivity contribution is -0.135. The molecule has 0 spiro atoms. The molecule has 1 aliphatic heterocycles. The molecular weight excluding hydrogens is 152 g/mol. The summed E-state index contributed by atoms with van der Waals surface area (Å²) in [4.78, 5) is 10.7. The summed E-state index contributed by atoms with van der Waals surface area (Å²) in [6.45, 7) is 4.25. The number of ether oxygens (including phenoxy) is 1. The monoisotopic (exact) mass is 166 g/mol. The Morgan fingerprint density at radius 3 is 2.92 bits per heavy atom. The third-order valence-corrected chi connectivity index (χ3v) is 1.63. The largest absolute Gasteiger partial charge is 0.434 e. The number of carbonyl (C=O) groups excluding carboxylic acids is 1. The first-order valence-electron chi connectivity index (χ1n) is 4.22. The van der Waals surface area contributed by atoms with Crippen molar-refractivity contribution < 1.29 is 9.53 Å². The standard InChI is InChI=1S/C10H14O2/c1-8(2)4-3-5-9-6-10(11)12-7-9/h3-4,7-8H,5-6H2,1-2H3/b4-3+. The number of hydrogen-bond acceptors (Lipinski definition) is 2. The number of allylic oxidation sites excluding steroid dienone is 2. The Kier molecular flexibility index (Phi) is 3.09. The molecule has 0 saturated heterocycles. The molecule has 0 aromatic heterocycles. The van der Waals surface area contributed by atoms with Crippen LogP contribution in [0.4, 0.5) is 0 Å². The van der Waals surface area contributed by atoms with Crippen LogP contribution >= 0.6 is 0 Å².